The van der Waals surface area contributed by atoms with Gasteiger partial charge in [-0.1, -0.05) is 35.0 Å². The van der Waals surface area contributed by atoms with E-state index in [1.807, 2.05) is 6.07 Å². The summed E-state index contributed by atoms with van der Waals surface area (Å²) in [4.78, 5) is 0. The van der Waals surface area contributed by atoms with Crippen LogP contribution in [0.2, 0.25) is 0 Å². The lowest BCUT2D eigenvalue weighted by Crippen LogP contribution is -2.23. The van der Waals surface area contributed by atoms with E-state index in [9.17, 15) is 5.11 Å². The molecule has 0 amide bonds. The minimum Gasteiger partial charge on any atom is -0.392 e. The Morgan fingerprint density at radius 1 is 1.46 bits per heavy atom. The number of aliphatic hydroxyl groups is 1. The number of fused-ring (bicyclic) bond motifs is 1. The van der Waals surface area contributed by atoms with Gasteiger partial charge in [-0.2, -0.15) is 0 Å². The fourth-order valence-corrected chi connectivity index (χ4v) is 2.59. The molecule has 0 spiro atoms. The monoisotopic (exact) mass is 240 g/mol. The molecule has 13 heavy (non-hydrogen) atoms. The van der Waals surface area contributed by atoms with Gasteiger partial charge in [-0.15, -0.1) is 0 Å². The summed E-state index contributed by atoms with van der Waals surface area (Å²) in [6.07, 6.45) is 1.71. The lowest BCUT2D eigenvalue weighted by molar-refractivity contribution is 0.132. The van der Waals surface area contributed by atoms with Crippen molar-refractivity contribution in [1.29, 1.82) is 0 Å². The van der Waals surface area contributed by atoms with Crippen LogP contribution in [0.5, 0.6) is 0 Å². The summed E-state index contributed by atoms with van der Waals surface area (Å²) in [7, 11) is 0. The maximum absolute atomic E-state index is 9.70. The summed E-state index contributed by atoms with van der Waals surface area (Å²) in [5.41, 5.74) is 2.67. The number of hydrogen-bond acceptors (Lipinski definition) is 1. The second-order valence-electron chi connectivity index (χ2n) is 3.70. The largest absolute Gasteiger partial charge is 0.392 e. The minimum atomic E-state index is -0.165. The molecule has 2 heteroatoms. The van der Waals surface area contributed by atoms with Crippen LogP contribution in [0.1, 0.15) is 30.4 Å². The first kappa shape index (κ1) is 9.22. The molecule has 70 valence electrons. The quantitative estimate of drug-likeness (QED) is 0.740. The second kappa shape index (κ2) is 3.43. The van der Waals surface area contributed by atoms with Crippen molar-refractivity contribution >= 4 is 15.9 Å². The first-order chi connectivity index (χ1) is 6.20. The Morgan fingerprint density at radius 2 is 2.23 bits per heavy atom. The molecule has 0 fully saturated rings. The average molecular weight is 241 g/mol. The molecule has 0 aromatic heterocycles. The van der Waals surface area contributed by atoms with Gasteiger partial charge in [0.25, 0.3) is 0 Å². The molecular formula is C11H13BrO. The lowest BCUT2D eigenvalue weighted by atomic mass is 9.82. The van der Waals surface area contributed by atoms with Gasteiger partial charge >= 0.3 is 0 Å². The smallest absolute Gasteiger partial charge is 0.0609 e. The highest BCUT2D eigenvalue weighted by Gasteiger charge is 2.24. The van der Waals surface area contributed by atoms with E-state index >= 15 is 0 Å². The minimum absolute atomic E-state index is 0.165. The molecule has 1 nitrogen and oxygen atoms in total. The summed E-state index contributed by atoms with van der Waals surface area (Å²) in [6.45, 7) is 2.09. The summed E-state index contributed by atoms with van der Waals surface area (Å²) in [5, 5.41) is 9.70. The van der Waals surface area contributed by atoms with E-state index in [1.165, 1.54) is 15.6 Å². The third-order valence-electron chi connectivity index (χ3n) is 2.91. The van der Waals surface area contributed by atoms with Gasteiger partial charge in [0, 0.05) is 10.4 Å². The Balaban J connectivity index is 2.49. The van der Waals surface area contributed by atoms with Crippen LogP contribution in [0.3, 0.4) is 0 Å². The molecule has 0 bridgehead atoms. The van der Waals surface area contributed by atoms with Crippen molar-refractivity contribution in [3.63, 3.8) is 0 Å². The van der Waals surface area contributed by atoms with Gasteiger partial charge in [0.2, 0.25) is 0 Å². The molecule has 2 unspecified atom stereocenters. The average Bonchev–Trinajstić information content (AvgIpc) is 2.12. The fraction of sp³-hybridized carbons (Fsp3) is 0.455. The Kier molecular flexibility index (Phi) is 2.43. The predicted molar refractivity (Wildman–Crippen MR) is 56.9 cm³/mol. The Morgan fingerprint density at radius 3 is 3.00 bits per heavy atom. The molecule has 2 atom stereocenters. The zero-order valence-electron chi connectivity index (χ0n) is 7.63. The number of aliphatic hydroxyl groups excluding tert-OH is 1. The first-order valence-corrected chi connectivity index (χ1v) is 5.45. The molecule has 0 saturated carbocycles. The molecule has 1 aliphatic carbocycles. The molecule has 2 rings (SSSR count). The zero-order valence-corrected chi connectivity index (χ0v) is 9.21. The first-order valence-electron chi connectivity index (χ1n) is 4.65. The van der Waals surface area contributed by atoms with E-state index < -0.39 is 0 Å². The van der Waals surface area contributed by atoms with Gasteiger partial charge in [0.05, 0.1) is 6.10 Å². The van der Waals surface area contributed by atoms with E-state index in [2.05, 4.69) is 35.0 Å². The standard InChI is InChI=1S/C11H13BrO/c1-7-8-3-2-4-10(12)9(8)5-6-11(7)13/h2-4,7,11,13H,5-6H2,1H3. The molecule has 0 aliphatic heterocycles. The van der Waals surface area contributed by atoms with Gasteiger partial charge in [0.1, 0.15) is 0 Å². The molecule has 0 saturated heterocycles. The number of benzene rings is 1. The molecule has 1 aliphatic rings. The fourth-order valence-electron chi connectivity index (χ4n) is 2.02. The van der Waals surface area contributed by atoms with Gasteiger partial charge in [-0.05, 0) is 30.0 Å². The van der Waals surface area contributed by atoms with E-state index in [0.29, 0.717) is 0 Å². The van der Waals surface area contributed by atoms with E-state index in [1.54, 1.807) is 0 Å². The van der Waals surface area contributed by atoms with Crippen LogP contribution in [0.25, 0.3) is 0 Å². The van der Waals surface area contributed by atoms with E-state index in [-0.39, 0.29) is 12.0 Å². The van der Waals surface area contributed by atoms with Crippen LogP contribution in [0, 0.1) is 0 Å². The molecule has 0 heterocycles. The molecule has 1 aromatic rings. The van der Waals surface area contributed by atoms with Crippen molar-refractivity contribution in [2.75, 3.05) is 0 Å². The number of rotatable bonds is 0. The molecule has 0 radical (unpaired) electrons. The Bertz CT molecular complexity index is 322. The Hall–Kier alpha value is -0.340. The Labute approximate surface area is 86.9 Å². The molecular weight excluding hydrogens is 228 g/mol. The van der Waals surface area contributed by atoms with Gasteiger partial charge in [0.15, 0.2) is 0 Å². The third-order valence-corrected chi connectivity index (χ3v) is 3.66. The maximum atomic E-state index is 9.70. The van der Waals surface area contributed by atoms with Crippen LogP contribution < -0.4 is 0 Å². The lowest BCUT2D eigenvalue weighted by Gasteiger charge is -2.28. The highest BCUT2D eigenvalue weighted by Crippen LogP contribution is 2.35. The van der Waals surface area contributed by atoms with Crippen molar-refractivity contribution in [2.45, 2.75) is 31.8 Å². The predicted octanol–water partition coefficient (Wildman–Crippen LogP) is 2.86. The van der Waals surface area contributed by atoms with E-state index in [0.717, 1.165) is 12.8 Å². The van der Waals surface area contributed by atoms with Gasteiger partial charge < -0.3 is 5.11 Å². The van der Waals surface area contributed by atoms with Crippen molar-refractivity contribution in [3.8, 4) is 0 Å². The van der Waals surface area contributed by atoms with Gasteiger partial charge in [-0.25, -0.2) is 0 Å². The summed E-state index contributed by atoms with van der Waals surface area (Å²) >= 11 is 3.55. The topological polar surface area (TPSA) is 20.2 Å². The maximum Gasteiger partial charge on any atom is 0.0609 e. The highest BCUT2D eigenvalue weighted by molar-refractivity contribution is 9.10. The van der Waals surface area contributed by atoms with Crippen LogP contribution >= 0.6 is 15.9 Å². The van der Waals surface area contributed by atoms with Crippen LogP contribution in [-0.4, -0.2) is 11.2 Å². The van der Waals surface area contributed by atoms with Crippen LogP contribution in [0.15, 0.2) is 22.7 Å². The normalized spacial score (nSPS) is 27.0. The number of hydrogen-bond donors (Lipinski definition) is 1. The highest BCUT2D eigenvalue weighted by atomic mass is 79.9. The number of halogens is 1. The molecule has 1 aromatic carbocycles. The summed E-state index contributed by atoms with van der Waals surface area (Å²) in [6, 6.07) is 6.23. The zero-order chi connectivity index (χ0) is 9.42. The summed E-state index contributed by atoms with van der Waals surface area (Å²) in [5.74, 6) is 0.279. The molecule has 1 N–H and O–H groups in total. The van der Waals surface area contributed by atoms with Gasteiger partial charge in [-0.3, -0.25) is 0 Å². The van der Waals surface area contributed by atoms with Crippen molar-refractivity contribution in [2.24, 2.45) is 0 Å². The van der Waals surface area contributed by atoms with Crippen molar-refractivity contribution in [3.05, 3.63) is 33.8 Å². The van der Waals surface area contributed by atoms with Crippen LogP contribution in [0.4, 0.5) is 0 Å². The third kappa shape index (κ3) is 1.53. The van der Waals surface area contributed by atoms with E-state index in [4.69, 9.17) is 0 Å². The summed E-state index contributed by atoms with van der Waals surface area (Å²) < 4.78 is 1.18. The SMILES string of the molecule is CC1c2cccc(Br)c2CCC1O. The second-order valence-corrected chi connectivity index (χ2v) is 4.56. The van der Waals surface area contributed by atoms with Crippen molar-refractivity contribution in [1.82, 2.24) is 0 Å². The van der Waals surface area contributed by atoms with Crippen molar-refractivity contribution < 1.29 is 5.11 Å². The van der Waals surface area contributed by atoms with Crippen LogP contribution in [-0.2, 0) is 6.42 Å².